The van der Waals surface area contributed by atoms with Crippen LogP contribution in [0, 0.1) is 0 Å². The van der Waals surface area contributed by atoms with Gasteiger partial charge in [0.15, 0.2) is 0 Å². The van der Waals surface area contributed by atoms with Crippen molar-refractivity contribution < 1.29 is 0 Å². The first-order chi connectivity index (χ1) is 5.88. The molecule has 1 aliphatic heterocycles. The molecule has 2 rings (SSSR count). The van der Waals surface area contributed by atoms with Crippen LogP contribution in [-0.4, -0.2) is 16.8 Å². The van der Waals surface area contributed by atoms with Gasteiger partial charge in [-0.15, -0.1) is 5.11 Å². The van der Waals surface area contributed by atoms with Crippen LogP contribution in [0.3, 0.4) is 0 Å². The summed E-state index contributed by atoms with van der Waals surface area (Å²) in [5, 5.41) is 8.06. The highest BCUT2D eigenvalue weighted by atomic mass is 32.1. The fourth-order valence-electron chi connectivity index (χ4n) is 0.975. The molecule has 0 aliphatic carbocycles. The summed E-state index contributed by atoms with van der Waals surface area (Å²) >= 11 is 4.96. The lowest BCUT2D eigenvalue weighted by Crippen LogP contribution is -2.22. The molecular formula is C7H6N4S. The molecule has 0 radical (unpaired) electrons. The van der Waals surface area contributed by atoms with Gasteiger partial charge >= 0.3 is 0 Å². The first kappa shape index (κ1) is 7.30. The van der Waals surface area contributed by atoms with Gasteiger partial charge in [0.1, 0.15) is 6.67 Å². The van der Waals surface area contributed by atoms with Crippen LogP contribution < -0.4 is 4.90 Å². The number of azo groups is 1. The molecule has 0 amide bonds. The number of rotatable bonds is 1. The van der Waals surface area contributed by atoms with Crippen LogP contribution in [0.2, 0.25) is 0 Å². The van der Waals surface area contributed by atoms with Crippen molar-refractivity contribution in [2.75, 3.05) is 11.6 Å². The van der Waals surface area contributed by atoms with E-state index in [1.54, 1.807) is 12.4 Å². The van der Waals surface area contributed by atoms with Crippen molar-refractivity contribution >= 4 is 23.0 Å². The SMILES string of the molecule is S=C1N=NCN1c1cccnc1. The molecule has 1 aromatic rings. The Morgan fingerprint density at radius 3 is 3.00 bits per heavy atom. The summed E-state index contributed by atoms with van der Waals surface area (Å²) in [6.07, 6.45) is 3.46. The monoisotopic (exact) mass is 178 g/mol. The van der Waals surface area contributed by atoms with E-state index in [2.05, 4.69) is 15.2 Å². The molecule has 4 nitrogen and oxygen atoms in total. The summed E-state index contributed by atoms with van der Waals surface area (Å²) in [4.78, 5) is 5.80. The molecule has 1 aromatic heterocycles. The Bertz CT molecular complexity index is 321. The summed E-state index contributed by atoms with van der Waals surface area (Å²) in [6, 6.07) is 3.78. The molecule has 0 aromatic carbocycles. The third-order valence-electron chi connectivity index (χ3n) is 1.55. The zero-order valence-corrected chi connectivity index (χ0v) is 7.03. The average Bonchev–Trinajstić information content (AvgIpc) is 2.53. The maximum atomic E-state index is 4.96. The highest BCUT2D eigenvalue weighted by Gasteiger charge is 2.15. The Hall–Kier alpha value is -1.36. The summed E-state index contributed by atoms with van der Waals surface area (Å²) in [7, 11) is 0. The van der Waals surface area contributed by atoms with Gasteiger partial charge in [-0.2, -0.15) is 5.11 Å². The Labute approximate surface area is 74.9 Å². The van der Waals surface area contributed by atoms with E-state index in [1.165, 1.54) is 0 Å². The minimum Gasteiger partial charge on any atom is -0.292 e. The van der Waals surface area contributed by atoms with Crippen LogP contribution in [0.4, 0.5) is 5.69 Å². The van der Waals surface area contributed by atoms with Crippen LogP contribution in [0.15, 0.2) is 34.8 Å². The molecule has 0 fully saturated rings. The topological polar surface area (TPSA) is 40.9 Å². The number of pyridine rings is 1. The molecule has 1 aliphatic rings. The van der Waals surface area contributed by atoms with E-state index in [9.17, 15) is 0 Å². The van der Waals surface area contributed by atoms with E-state index >= 15 is 0 Å². The second-order valence-corrected chi connectivity index (χ2v) is 2.67. The van der Waals surface area contributed by atoms with E-state index in [1.807, 2.05) is 17.0 Å². The molecule has 5 heteroatoms. The molecule has 0 atom stereocenters. The molecule has 0 bridgehead atoms. The van der Waals surface area contributed by atoms with Crippen LogP contribution in [0.25, 0.3) is 0 Å². The largest absolute Gasteiger partial charge is 0.292 e. The van der Waals surface area contributed by atoms with Crippen molar-refractivity contribution in [1.29, 1.82) is 0 Å². The van der Waals surface area contributed by atoms with E-state index in [0.29, 0.717) is 11.8 Å². The summed E-state index contributed by atoms with van der Waals surface area (Å²) in [5.41, 5.74) is 0.938. The summed E-state index contributed by atoms with van der Waals surface area (Å²) in [5.74, 6) is 0. The predicted octanol–water partition coefficient (Wildman–Crippen LogP) is 1.60. The Morgan fingerprint density at radius 2 is 2.42 bits per heavy atom. The minimum absolute atomic E-state index is 0.503. The van der Waals surface area contributed by atoms with E-state index in [4.69, 9.17) is 12.2 Å². The third-order valence-corrected chi connectivity index (χ3v) is 1.85. The highest BCUT2D eigenvalue weighted by Crippen LogP contribution is 2.16. The molecule has 2 heterocycles. The van der Waals surface area contributed by atoms with Gasteiger partial charge in [-0.25, -0.2) is 0 Å². The molecule has 12 heavy (non-hydrogen) atoms. The zero-order valence-electron chi connectivity index (χ0n) is 6.21. The molecule has 60 valence electrons. The molecule has 0 unspecified atom stereocenters. The zero-order chi connectivity index (χ0) is 8.39. The number of nitrogens with zero attached hydrogens (tertiary/aromatic N) is 4. The van der Waals surface area contributed by atoms with E-state index < -0.39 is 0 Å². The van der Waals surface area contributed by atoms with Gasteiger partial charge in [0.2, 0.25) is 5.11 Å². The Kier molecular flexibility index (Phi) is 1.79. The standard InChI is InChI=1S/C7H6N4S/c12-7-10-9-5-11(7)6-2-1-3-8-4-6/h1-4H,5H2. The predicted molar refractivity (Wildman–Crippen MR) is 49.0 cm³/mol. The van der Waals surface area contributed by atoms with Crippen LogP contribution in [-0.2, 0) is 0 Å². The van der Waals surface area contributed by atoms with Gasteiger partial charge in [0, 0.05) is 6.20 Å². The lowest BCUT2D eigenvalue weighted by atomic mass is 10.4. The fourth-order valence-corrected chi connectivity index (χ4v) is 1.20. The lowest BCUT2D eigenvalue weighted by Gasteiger charge is -2.12. The summed E-state index contributed by atoms with van der Waals surface area (Å²) < 4.78 is 0. The van der Waals surface area contributed by atoms with Crippen LogP contribution in [0.1, 0.15) is 0 Å². The van der Waals surface area contributed by atoms with Gasteiger partial charge in [-0.05, 0) is 24.4 Å². The first-order valence-electron chi connectivity index (χ1n) is 3.47. The number of hydrogen-bond donors (Lipinski definition) is 0. The maximum absolute atomic E-state index is 4.96. The van der Waals surface area contributed by atoms with Crippen molar-refractivity contribution in [3.8, 4) is 0 Å². The first-order valence-corrected chi connectivity index (χ1v) is 3.88. The third kappa shape index (κ3) is 1.18. The fraction of sp³-hybridized carbons (Fsp3) is 0.143. The minimum atomic E-state index is 0.503. The Balaban J connectivity index is 2.27. The van der Waals surface area contributed by atoms with Gasteiger partial charge in [0.25, 0.3) is 0 Å². The average molecular weight is 178 g/mol. The van der Waals surface area contributed by atoms with Crippen molar-refractivity contribution in [2.24, 2.45) is 10.2 Å². The van der Waals surface area contributed by atoms with E-state index in [-0.39, 0.29) is 0 Å². The molecule has 0 spiro atoms. The summed E-state index contributed by atoms with van der Waals surface area (Å²) in [6.45, 7) is 0.504. The molecule has 0 saturated heterocycles. The van der Waals surface area contributed by atoms with Crippen molar-refractivity contribution in [2.45, 2.75) is 0 Å². The van der Waals surface area contributed by atoms with Gasteiger partial charge in [-0.3, -0.25) is 9.88 Å². The van der Waals surface area contributed by atoms with Crippen molar-refractivity contribution in [1.82, 2.24) is 4.98 Å². The smallest absolute Gasteiger partial charge is 0.222 e. The molecule has 0 N–H and O–H groups in total. The molecule has 0 saturated carbocycles. The van der Waals surface area contributed by atoms with Crippen LogP contribution >= 0.6 is 12.2 Å². The van der Waals surface area contributed by atoms with E-state index in [0.717, 1.165) is 5.69 Å². The maximum Gasteiger partial charge on any atom is 0.222 e. The number of thiocarbonyl (C=S) groups is 1. The number of aromatic nitrogens is 1. The van der Waals surface area contributed by atoms with Crippen LogP contribution in [0.5, 0.6) is 0 Å². The highest BCUT2D eigenvalue weighted by molar-refractivity contribution is 7.80. The quantitative estimate of drug-likeness (QED) is 0.613. The number of hydrogen-bond acceptors (Lipinski definition) is 3. The van der Waals surface area contributed by atoms with Crippen molar-refractivity contribution in [3.63, 3.8) is 0 Å². The number of anilines is 1. The second-order valence-electron chi connectivity index (χ2n) is 2.30. The normalized spacial score (nSPS) is 15.7. The Morgan fingerprint density at radius 1 is 1.50 bits per heavy atom. The van der Waals surface area contributed by atoms with Gasteiger partial charge in [0.05, 0.1) is 11.9 Å². The second kappa shape index (κ2) is 2.94. The van der Waals surface area contributed by atoms with Crippen molar-refractivity contribution in [3.05, 3.63) is 24.5 Å². The lowest BCUT2D eigenvalue weighted by molar-refractivity contribution is 1.02. The van der Waals surface area contributed by atoms with Gasteiger partial charge in [-0.1, -0.05) is 0 Å². The van der Waals surface area contributed by atoms with Gasteiger partial charge < -0.3 is 0 Å². The molecular weight excluding hydrogens is 172 g/mol.